The maximum Gasteiger partial charge on any atom is 0.329 e. The zero-order chi connectivity index (χ0) is 21.7. The minimum absolute atomic E-state index is 0.00291. The third kappa shape index (κ3) is 5.13. The van der Waals surface area contributed by atoms with Gasteiger partial charge in [-0.2, -0.15) is 4.98 Å². The van der Waals surface area contributed by atoms with Crippen LogP contribution in [0.5, 0.6) is 0 Å². The van der Waals surface area contributed by atoms with Gasteiger partial charge in [-0.05, 0) is 46.0 Å². The molecule has 2 N–H and O–H groups in total. The van der Waals surface area contributed by atoms with Crippen LogP contribution in [0.4, 0.5) is 21.8 Å². The van der Waals surface area contributed by atoms with E-state index in [1.807, 2.05) is 6.92 Å². The van der Waals surface area contributed by atoms with Gasteiger partial charge in [-0.3, -0.25) is 14.9 Å². The Hall–Kier alpha value is -2.56. The highest BCUT2D eigenvalue weighted by molar-refractivity contribution is 5.76. The minimum Gasteiger partial charge on any atom is -0.466 e. The molecule has 2 heterocycles. The van der Waals surface area contributed by atoms with Crippen LogP contribution in [0.15, 0.2) is 6.20 Å². The molecular weight excluding hydrogens is 397 g/mol. The highest BCUT2D eigenvalue weighted by Crippen LogP contribution is 2.38. The Labute approximate surface area is 174 Å². The van der Waals surface area contributed by atoms with Crippen LogP contribution in [0.2, 0.25) is 0 Å². The molecule has 3 rings (SSSR count). The molecule has 1 aromatic rings. The number of nitro groups is 1. The van der Waals surface area contributed by atoms with Crippen molar-refractivity contribution in [2.45, 2.75) is 64.2 Å². The van der Waals surface area contributed by atoms with Crippen LogP contribution in [0.25, 0.3) is 0 Å². The molecule has 1 aliphatic carbocycles. The first-order chi connectivity index (χ1) is 14.3. The number of carbonyl (C=O) groups excluding carboxylic acids is 1. The number of nitrogens with zero attached hydrogens (tertiary/aromatic N) is 3. The molecule has 2 atom stereocenters. The van der Waals surface area contributed by atoms with E-state index >= 15 is 0 Å². The van der Waals surface area contributed by atoms with E-state index in [9.17, 15) is 19.3 Å². The van der Waals surface area contributed by atoms with Gasteiger partial charge in [0.25, 0.3) is 0 Å². The quantitative estimate of drug-likeness (QED) is 0.385. The summed E-state index contributed by atoms with van der Waals surface area (Å²) in [4.78, 5) is 31.3. The van der Waals surface area contributed by atoms with E-state index in [1.54, 1.807) is 6.92 Å². The number of anilines is 2. The van der Waals surface area contributed by atoms with Crippen molar-refractivity contribution in [1.29, 1.82) is 0 Å². The summed E-state index contributed by atoms with van der Waals surface area (Å²) in [5, 5.41) is 17.4. The molecular formula is C19H28FN5O5. The average molecular weight is 425 g/mol. The topological polar surface area (TPSA) is 129 Å². The molecule has 11 heteroatoms. The van der Waals surface area contributed by atoms with Crippen molar-refractivity contribution in [2.75, 3.05) is 30.5 Å². The molecule has 1 saturated carbocycles. The Bertz CT molecular complexity index is 772. The number of rotatable bonds is 7. The predicted molar refractivity (Wildman–Crippen MR) is 107 cm³/mol. The van der Waals surface area contributed by atoms with Crippen LogP contribution in [0.3, 0.4) is 0 Å². The average Bonchev–Trinajstić information content (AvgIpc) is 2.72. The van der Waals surface area contributed by atoms with Crippen molar-refractivity contribution >= 4 is 23.4 Å². The molecule has 0 radical (unpaired) electrons. The van der Waals surface area contributed by atoms with Crippen molar-refractivity contribution in [3.05, 3.63) is 16.3 Å². The van der Waals surface area contributed by atoms with Gasteiger partial charge < -0.3 is 20.1 Å². The lowest BCUT2D eigenvalue weighted by atomic mass is 9.74. The van der Waals surface area contributed by atoms with Crippen molar-refractivity contribution in [3.8, 4) is 0 Å². The van der Waals surface area contributed by atoms with E-state index in [4.69, 9.17) is 9.47 Å². The van der Waals surface area contributed by atoms with Gasteiger partial charge in [-0.15, -0.1) is 0 Å². The van der Waals surface area contributed by atoms with E-state index in [-0.39, 0.29) is 36.1 Å². The molecule has 1 aliphatic heterocycles. The molecule has 2 aliphatic rings. The lowest BCUT2D eigenvalue weighted by Crippen LogP contribution is -2.40. The minimum atomic E-state index is -1.20. The molecule has 1 aromatic heterocycles. The fraction of sp³-hybridized carbons (Fsp3) is 0.737. The molecule has 30 heavy (non-hydrogen) atoms. The van der Waals surface area contributed by atoms with Crippen LogP contribution < -0.4 is 10.6 Å². The van der Waals surface area contributed by atoms with Crippen LogP contribution >= 0.6 is 0 Å². The second-order valence-electron chi connectivity index (χ2n) is 8.01. The van der Waals surface area contributed by atoms with Crippen LogP contribution in [0, 0.1) is 15.5 Å². The number of alkyl halides is 1. The standard InChI is InChI=1S/C19H28FN5O5/c1-3-30-17(26)19(2)7-4-12(5-8-19)22-16-15(25(27)28)10-21-18(24-16)23-14-6-9-29-11-13(14)20/h10,12-14H,3-9,11H2,1-2H3,(H2,21,22,23,24)/t12?,13-,14+,19?/m1/s1. The fourth-order valence-corrected chi connectivity index (χ4v) is 3.82. The number of aromatic nitrogens is 2. The van der Waals surface area contributed by atoms with Gasteiger partial charge in [-0.1, -0.05) is 0 Å². The first-order valence-electron chi connectivity index (χ1n) is 10.3. The third-order valence-corrected chi connectivity index (χ3v) is 5.77. The van der Waals surface area contributed by atoms with Gasteiger partial charge in [0, 0.05) is 12.6 Å². The van der Waals surface area contributed by atoms with E-state index in [1.165, 1.54) is 0 Å². The normalized spacial score (nSPS) is 29.1. The largest absolute Gasteiger partial charge is 0.466 e. The number of ether oxygens (including phenoxy) is 2. The Morgan fingerprint density at radius 2 is 2.13 bits per heavy atom. The molecule has 0 unspecified atom stereocenters. The Balaban J connectivity index is 1.68. The van der Waals surface area contributed by atoms with Gasteiger partial charge in [0.05, 0.1) is 29.6 Å². The number of hydrogen-bond donors (Lipinski definition) is 2. The SMILES string of the molecule is CCOC(=O)C1(C)CCC(Nc2nc(N[C@H]3CCOC[C@H]3F)ncc2[N+](=O)[O-])CC1. The maximum absolute atomic E-state index is 14.0. The van der Waals surface area contributed by atoms with Gasteiger partial charge in [0.2, 0.25) is 11.8 Å². The Kier molecular flexibility index (Phi) is 7.01. The van der Waals surface area contributed by atoms with Gasteiger partial charge in [-0.25, -0.2) is 9.37 Å². The predicted octanol–water partition coefficient (Wildman–Crippen LogP) is 2.85. The number of halogens is 1. The molecule has 0 bridgehead atoms. The Morgan fingerprint density at radius 1 is 1.40 bits per heavy atom. The summed E-state index contributed by atoms with van der Waals surface area (Å²) < 4.78 is 24.3. The summed E-state index contributed by atoms with van der Waals surface area (Å²) in [7, 11) is 0. The van der Waals surface area contributed by atoms with E-state index in [0.717, 1.165) is 6.20 Å². The first-order valence-corrected chi connectivity index (χ1v) is 10.3. The summed E-state index contributed by atoms with van der Waals surface area (Å²) >= 11 is 0. The number of nitrogens with one attached hydrogen (secondary N) is 2. The van der Waals surface area contributed by atoms with Crippen molar-refractivity contribution in [3.63, 3.8) is 0 Å². The molecule has 1 saturated heterocycles. The molecule has 2 fully saturated rings. The van der Waals surface area contributed by atoms with Crippen molar-refractivity contribution in [2.24, 2.45) is 5.41 Å². The zero-order valence-electron chi connectivity index (χ0n) is 17.2. The summed E-state index contributed by atoms with van der Waals surface area (Å²) in [6, 6.07) is -0.584. The number of hydrogen-bond acceptors (Lipinski definition) is 9. The maximum atomic E-state index is 14.0. The van der Waals surface area contributed by atoms with Crippen LogP contribution in [0.1, 0.15) is 46.0 Å². The van der Waals surface area contributed by atoms with Gasteiger partial charge in [0.1, 0.15) is 12.4 Å². The molecule has 0 spiro atoms. The molecule has 10 nitrogen and oxygen atoms in total. The highest BCUT2D eigenvalue weighted by atomic mass is 19.1. The second-order valence-corrected chi connectivity index (χ2v) is 8.01. The second kappa shape index (κ2) is 9.50. The summed E-state index contributed by atoms with van der Waals surface area (Å²) in [5.74, 6) is 0.00900. The van der Waals surface area contributed by atoms with E-state index in [2.05, 4.69) is 20.6 Å². The zero-order valence-corrected chi connectivity index (χ0v) is 17.2. The number of carbonyl (C=O) groups is 1. The van der Waals surface area contributed by atoms with Crippen molar-refractivity contribution in [1.82, 2.24) is 9.97 Å². The summed E-state index contributed by atoms with van der Waals surface area (Å²) in [6.07, 6.45) is 2.89. The first kappa shape index (κ1) is 22.1. The highest BCUT2D eigenvalue weighted by Gasteiger charge is 2.39. The van der Waals surface area contributed by atoms with Gasteiger partial charge >= 0.3 is 11.7 Å². The number of esters is 1. The molecule has 0 amide bonds. The van der Waals surface area contributed by atoms with E-state index < -0.39 is 22.6 Å². The fourth-order valence-electron chi connectivity index (χ4n) is 3.82. The Morgan fingerprint density at radius 3 is 2.77 bits per heavy atom. The van der Waals surface area contributed by atoms with Gasteiger partial charge in [0.15, 0.2) is 0 Å². The molecule has 0 aromatic carbocycles. The van der Waals surface area contributed by atoms with E-state index in [0.29, 0.717) is 45.3 Å². The monoisotopic (exact) mass is 425 g/mol. The third-order valence-electron chi connectivity index (χ3n) is 5.77. The smallest absolute Gasteiger partial charge is 0.329 e. The summed E-state index contributed by atoms with van der Waals surface area (Å²) in [6.45, 7) is 4.43. The lowest BCUT2D eigenvalue weighted by molar-refractivity contribution is -0.384. The molecule has 166 valence electrons. The summed E-state index contributed by atoms with van der Waals surface area (Å²) in [5.41, 5.74) is -0.791. The lowest BCUT2D eigenvalue weighted by Gasteiger charge is -2.35. The van der Waals surface area contributed by atoms with Crippen LogP contribution in [-0.4, -0.2) is 58.9 Å². The van der Waals surface area contributed by atoms with Crippen LogP contribution in [-0.2, 0) is 14.3 Å². The van der Waals surface area contributed by atoms with Crippen molar-refractivity contribution < 1.29 is 23.6 Å².